The van der Waals surface area contributed by atoms with Crippen LogP contribution < -0.4 is 5.32 Å². The Morgan fingerprint density at radius 3 is 2.65 bits per heavy atom. The Bertz CT molecular complexity index is 1030. The minimum absolute atomic E-state index is 0.0714. The summed E-state index contributed by atoms with van der Waals surface area (Å²) in [6, 6.07) is 13.4. The number of hydrogen-bond acceptors (Lipinski definition) is 6. The van der Waals surface area contributed by atoms with Gasteiger partial charge in [-0.15, -0.1) is 16.4 Å². The second-order valence-electron chi connectivity index (χ2n) is 7.91. The fraction of sp³-hybridized carbons (Fsp3) is 0.391. The number of rotatable bonds is 6. The molecule has 0 aliphatic heterocycles. The summed E-state index contributed by atoms with van der Waals surface area (Å²) in [7, 11) is 0. The Morgan fingerprint density at radius 2 is 1.94 bits per heavy atom. The normalized spacial score (nSPS) is 19.5. The number of carbonyl (C=O) groups excluding carboxylic acids is 2. The summed E-state index contributed by atoms with van der Waals surface area (Å²) in [5, 5.41) is 9.35. The number of amides is 1. The van der Waals surface area contributed by atoms with Gasteiger partial charge < -0.3 is 10.1 Å². The third-order valence-corrected chi connectivity index (χ3v) is 6.49. The van der Waals surface area contributed by atoms with Crippen LogP contribution in [-0.2, 0) is 9.53 Å². The highest BCUT2D eigenvalue weighted by Gasteiger charge is 2.28. The number of benzene rings is 1. The summed E-state index contributed by atoms with van der Waals surface area (Å²) >= 11 is 1.51. The Balaban J connectivity index is 1.50. The average molecular weight is 439 g/mol. The van der Waals surface area contributed by atoms with Crippen molar-refractivity contribution in [3.05, 3.63) is 53.7 Å². The molecule has 2 heterocycles. The van der Waals surface area contributed by atoms with Crippen LogP contribution in [0.5, 0.6) is 0 Å². The lowest BCUT2D eigenvalue weighted by atomic mass is 9.86. The molecule has 3 aromatic rings. The van der Waals surface area contributed by atoms with Crippen LogP contribution in [0.15, 0.2) is 47.8 Å². The van der Waals surface area contributed by atoms with E-state index in [1.807, 2.05) is 47.8 Å². The topological polar surface area (TPSA) is 86.1 Å². The van der Waals surface area contributed by atoms with Crippen molar-refractivity contribution in [2.75, 3.05) is 0 Å². The van der Waals surface area contributed by atoms with Gasteiger partial charge >= 0.3 is 5.97 Å². The van der Waals surface area contributed by atoms with E-state index in [4.69, 9.17) is 4.74 Å². The van der Waals surface area contributed by atoms with Crippen molar-refractivity contribution >= 4 is 23.2 Å². The highest BCUT2D eigenvalue weighted by molar-refractivity contribution is 7.13. The second-order valence-corrected chi connectivity index (χ2v) is 8.86. The molecule has 0 radical (unpaired) electrons. The van der Waals surface area contributed by atoms with Gasteiger partial charge in [0, 0.05) is 6.04 Å². The van der Waals surface area contributed by atoms with Crippen LogP contribution in [0.25, 0.3) is 16.4 Å². The number of para-hydroxylation sites is 1. The lowest BCUT2D eigenvalue weighted by Gasteiger charge is -2.30. The molecule has 31 heavy (non-hydrogen) atoms. The third kappa shape index (κ3) is 4.85. The zero-order valence-electron chi connectivity index (χ0n) is 17.7. The minimum Gasteiger partial charge on any atom is -0.447 e. The van der Waals surface area contributed by atoms with Gasteiger partial charge in [0.15, 0.2) is 11.9 Å². The van der Waals surface area contributed by atoms with Crippen LogP contribution >= 0.6 is 11.3 Å². The molecule has 3 unspecified atom stereocenters. The number of thiophene rings is 1. The zero-order chi connectivity index (χ0) is 21.8. The molecule has 0 spiro atoms. The summed E-state index contributed by atoms with van der Waals surface area (Å²) in [6.45, 7) is 3.72. The second kappa shape index (κ2) is 9.43. The minimum atomic E-state index is -0.921. The van der Waals surface area contributed by atoms with Gasteiger partial charge in [-0.3, -0.25) is 4.79 Å². The van der Waals surface area contributed by atoms with E-state index < -0.39 is 12.1 Å². The largest absolute Gasteiger partial charge is 0.447 e. The molecule has 1 aliphatic rings. The monoisotopic (exact) mass is 438 g/mol. The van der Waals surface area contributed by atoms with Gasteiger partial charge in [0.25, 0.3) is 11.7 Å². The molecular formula is C23H26N4O3S. The highest BCUT2D eigenvalue weighted by Crippen LogP contribution is 2.26. The first kappa shape index (κ1) is 21.2. The first-order valence-corrected chi connectivity index (χ1v) is 11.5. The van der Waals surface area contributed by atoms with Crippen LogP contribution in [0.1, 0.15) is 50.1 Å². The first-order valence-electron chi connectivity index (χ1n) is 10.6. The van der Waals surface area contributed by atoms with E-state index in [2.05, 4.69) is 22.3 Å². The molecule has 1 aromatic carbocycles. The number of esters is 1. The van der Waals surface area contributed by atoms with Crippen LogP contribution in [0, 0.1) is 5.92 Å². The molecule has 0 bridgehead atoms. The molecule has 1 aliphatic carbocycles. The zero-order valence-corrected chi connectivity index (χ0v) is 18.5. The Labute approximate surface area is 185 Å². The molecule has 8 heteroatoms. The third-order valence-electron chi connectivity index (χ3n) is 5.62. The Hall–Kier alpha value is -3.00. The van der Waals surface area contributed by atoms with Crippen LogP contribution in [0.4, 0.5) is 0 Å². The summed E-state index contributed by atoms with van der Waals surface area (Å²) < 4.78 is 7.03. The van der Waals surface area contributed by atoms with Crippen molar-refractivity contribution in [2.45, 2.75) is 51.7 Å². The molecule has 2 aromatic heterocycles. The van der Waals surface area contributed by atoms with Gasteiger partial charge in [-0.2, -0.15) is 4.98 Å². The molecule has 4 rings (SSSR count). The van der Waals surface area contributed by atoms with Crippen molar-refractivity contribution in [3.63, 3.8) is 0 Å². The first-order chi connectivity index (χ1) is 15.0. The Kier molecular flexibility index (Phi) is 6.46. The van der Waals surface area contributed by atoms with Gasteiger partial charge in [-0.1, -0.05) is 44.0 Å². The van der Waals surface area contributed by atoms with Crippen LogP contribution in [0.3, 0.4) is 0 Å². The molecule has 1 fully saturated rings. The number of ether oxygens (including phenoxy) is 1. The van der Waals surface area contributed by atoms with Crippen molar-refractivity contribution < 1.29 is 14.3 Å². The molecular weight excluding hydrogens is 412 g/mol. The molecule has 1 N–H and O–H groups in total. The highest BCUT2D eigenvalue weighted by atomic mass is 32.1. The smallest absolute Gasteiger partial charge is 0.379 e. The Morgan fingerprint density at radius 1 is 1.16 bits per heavy atom. The molecule has 7 nitrogen and oxygen atoms in total. The summed E-state index contributed by atoms with van der Waals surface area (Å²) in [4.78, 5) is 30.6. The quantitative estimate of drug-likeness (QED) is 0.582. The van der Waals surface area contributed by atoms with Crippen molar-refractivity contribution in [1.82, 2.24) is 20.1 Å². The molecule has 162 valence electrons. The van der Waals surface area contributed by atoms with E-state index in [9.17, 15) is 9.59 Å². The van der Waals surface area contributed by atoms with Gasteiger partial charge in [0.1, 0.15) is 0 Å². The van der Waals surface area contributed by atoms with Gasteiger partial charge in [0.05, 0.1) is 10.6 Å². The summed E-state index contributed by atoms with van der Waals surface area (Å²) in [6.07, 6.45) is 3.44. The number of hydrogen-bond donors (Lipinski definition) is 1. The summed E-state index contributed by atoms with van der Waals surface area (Å²) in [5.41, 5.74) is 0.787. The van der Waals surface area contributed by atoms with E-state index in [-0.39, 0.29) is 17.8 Å². The van der Waals surface area contributed by atoms with E-state index in [1.54, 1.807) is 11.6 Å². The lowest BCUT2D eigenvalue weighted by molar-refractivity contribution is -0.130. The fourth-order valence-electron chi connectivity index (χ4n) is 3.81. The number of nitrogens with one attached hydrogen (secondary N) is 1. The number of aromatic nitrogens is 3. The maximum absolute atomic E-state index is 12.7. The van der Waals surface area contributed by atoms with E-state index in [0.29, 0.717) is 11.7 Å². The van der Waals surface area contributed by atoms with E-state index in [1.165, 1.54) is 17.8 Å². The number of carbonyl (C=O) groups is 2. The fourth-order valence-corrected chi connectivity index (χ4v) is 4.51. The van der Waals surface area contributed by atoms with Gasteiger partial charge in [0.2, 0.25) is 0 Å². The molecule has 1 amide bonds. The molecule has 1 saturated carbocycles. The number of nitrogens with zero attached hydrogens (tertiary/aromatic N) is 3. The predicted octanol–water partition coefficient (Wildman–Crippen LogP) is 4.24. The standard InChI is InChI=1S/C23H26N4O3S/c1-15-9-6-7-12-18(15)24-22(28)16(2)30-23(29)20-25-21(19-13-8-14-31-19)27(26-20)17-10-4-3-5-11-17/h3-5,8,10-11,13-16,18H,6-7,9,12H2,1-2H3,(H,24,28). The SMILES string of the molecule is CC(OC(=O)c1nc(-c2cccs2)n(-c2ccccc2)n1)C(=O)NC1CCCCC1C. The maximum atomic E-state index is 12.7. The van der Waals surface area contributed by atoms with Gasteiger partial charge in [-0.25, -0.2) is 9.48 Å². The van der Waals surface area contributed by atoms with E-state index in [0.717, 1.165) is 29.8 Å². The molecule has 0 saturated heterocycles. The predicted molar refractivity (Wildman–Crippen MR) is 119 cm³/mol. The summed E-state index contributed by atoms with van der Waals surface area (Å²) in [5.74, 6) is -0.0867. The van der Waals surface area contributed by atoms with Crippen LogP contribution in [-0.4, -0.2) is 38.8 Å². The van der Waals surface area contributed by atoms with Gasteiger partial charge in [-0.05, 0) is 49.3 Å². The van der Waals surface area contributed by atoms with E-state index >= 15 is 0 Å². The maximum Gasteiger partial charge on any atom is 0.379 e. The average Bonchev–Trinajstić information content (AvgIpc) is 3.46. The van der Waals surface area contributed by atoms with Crippen molar-refractivity contribution in [3.8, 4) is 16.4 Å². The van der Waals surface area contributed by atoms with Crippen LogP contribution in [0.2, 0.25) is 0 Å². The van der Waals surface area contributed by atoms with Crippen molar-refractivity contribution in [1.29, 1.82) is 0 Å². The lowest BCUT2D eigenvalue weighted by Crippen LogP contribution is -2.46. The molecule has 3 atom stereocenters. The van der Waals surface area contributed by atoms with Crippen molar-refractivity contribution in [2.24, 2.45) is 5.92 Å².